The van der Waals surface area contributed by atoms with Gasteiger partial charge in [-0.1, -0.05) is 12.0 Å². The molecule has 1 aliphatic heterocycles. The molecular weight excluding hydrogens is 326 g/mol. The third kappa shape index (κ3) is 4.60. The number of aliphatic hydroxyl groups is 1. The molecule has 1 aromatic rings. The van der Waals surface area contributed by atoms with Crippen LogP contribution >= 0.6 is 11.3 Å². The average Bonchev–Trinajstić information content (AvgIpc) is 3.12. The van der Waals surface area contributed by atoms with Crippen molar-refractivity contribution in [3.05, 3.63) is 34.2 Å². The highest BCUT2D eigenvalue weighted by Crippen LogP contribution is 2.40. The maximum atomic E-state index is 12.3. The standard InChI is InChI=1S/C18H23NO4S/c1-3-9-19-17(21)15-12-14(16-8-6-11-24-16)13(7-5-10-20)18(23-15)22-4-2/h1,6,8,11-14,18,20H,4-5,7,9-10H2,2H3,(H,19,21)/t13-,14+,18-/m1/s1. The molecule has 0 saturated carbocycles. The van der Waals surface area contributed by atoms with Gasteiger partial charge in [0.15, 0.2) is 5.76 Å². The number of thiophene rings is 1. The van der Waals surface area contributed by atoms with Crippen LogP contribution in [0, 0.1) is 18.3 Å². The number of hydrogen-bond acceptors (Lipinski definition) is 5. The molecular formula is C18H23NO4S. The number of carbonyl (C=O) groups excluding carboxylic acids is 1. The van der Waals surface area contributed by atoms with E-state index in [4.69, 9.17) is 15.9 Å². The van der Waals surface area contributed by atoms with E-state index in [1.807, 2.05) is 30.5 Å². The first-order valence-corrected chi connectivity index (χ1v) is 8.95. The fourth-order valence-corrected chi connectivity index (χ4v) is 3.67. The Morgan fingerprint density at radius 3 is 3.04 bits per heavy atom. The summed E-state index contributed by atoms with van der Waals surface area (Å²) in [6.45, 7) is 2.64. The highest BCUT2D eigenvalue weighted by atomic mass is 32.1. The highest BCUT2D eigenvalue weighted by molar-refractivity contribution is 7.10. The number of rotatable bonds is 8. The molecule has 1 amide bonds. The Morgan fingerprint density at radius 2 is 2.42 bits per heavy atom. The molecule has 6 heteroatoms. The van der Waals surface area contributed by atoms with Crippen LogP contribution in [0.1, 0.15) is 30.6 Å². The lowest BCUT2D eigenvalue weighted by Gasteiger charge is -2.36. The molecule has 0 aliphatic carbocycles. The Balaban J connectivity index is 2.30. The number of allylic oxidation sites excluding steroid dienone is 1. The lowest BCUT2D eigenvalue weighted by molar-refractivity contribution is -0.166. The molecule has 2 rings (SSSR count). The van der Waals surface area contributed by atoms with Gasteiger partial charge in [0.25, 0.3) is 5.91 Å². The van der Waals surface area contributed by atoms with E-state index in [9.17, 15) is 9.90 Å². The second kappa shape index (κ2) is 9.48. The van der Waals surface area contributed by atoms with E-state index in [0.29, 0.717) is 13.0 Å². The summed E-state index contributed by atoms with van der Waals surface area (Å²) in [7, 11) is 0. The van der Waals surface area contributed by atoms with Gasteiger partial charge in [-0.05, 0) is 37.3 Å². The molecule has 3 atom stereocenters. The van der Waals surface area contributed by atoms with Crippen molar-refractivity contribution in [3.63, 3.8) is 0 Å². The number of aliphatic hydroxyl groups excluding tert-OH is 1. The predicted octanol–water partition coefficient (Wildman–Crippen LogP) is 2.25. The van der Waals surface area contributed by atoms with Crippen LogP contribution in [0.2, 0.25) is 0 Å². The van der Waals surface area contributed by atoms with Gasteiger partial charge in [-0.3, -0.25) is 4.79 Å². The zero-order valence-electron chi connectivity index (χ0n) is 13.7. The Bertz CT molecular complexity index is 591. The first kappa shape index (κ1) is 18.5. The average molecular weight is 349 g/mol. The Hall–Kier alpha value is -1.81. The van der Waals surface area contributed by atoms with Crippen molar-refractivity contribution < 1.29 is 19.4 Å². The monoisotopic (exact) mass is 349 g/mol. The molecule has 24 heavy (non-hydrogen) atoms. The summed E-state index contributed by atoms with van der Waals surface area (Å²) >= 11 is 1.64. The predicted molar refractivity (Wildman–Crippen MR) is 93.3 cm³/mol. The third-order valence-corrected chi connectivity index (χ3v) is 4.83. The fraction of sp³-hybridized carbons (Fsp3) is 0.500. The van der Waals surface area contributed by atoms with E-state index in [1.54, 1.807) is 11.3 Å². The number of carbonyl (C=O) groups is 1. The molecule has 0 unspecified atom stereocenters. The minimum absolute atomic E-state index is 0.00781. The Labute approximate surface area is 146 Å². The molecule has 130 valence electrons. The maximum Gasteiger partial charge on any atom is 0.286 e. The van der Waals surface area contributed by atoms with Gasteiger partial charge in [0.05, 0.1) is 6.54 Å². The van der Waals surface area contributed by atoms with E-state index < -0.39 is 6.29 Å². The lowest BCUT2D eigenvalue weighted by Crippen LogP contribution is -2.38. The number of amides is 1. The van der Waals surface area contributed by atoms with Crippen LogP contribution in [0.3, 0.4) is 0 Å². The van der Waals surface area contributed by atoms with Crippen molar-refractivity contribution in [1.82, 2.24) is 5.32 Å². The van der Waals surface area contributed by atoms with Gasteiger partial charge in [-0.2, -0.15) is 0 Å². The molecule has 0 fully saturated rings. The van der Waals surface area contributed by atoms with Crippen LogP contribution < -0.4 is 5.32 Å². The first-order valence-electron chi connectivity index (χ1n) is 8.07. The van der Waals surface area contributed by atoms with Crippen LogP contribution in [-0.4, -0.2) is 37.1 Å². The maximum absolute atomic E-state index is 12.3. The lowest BCUT2D eigenvalue weighted by atomic mass is 9.84. The second-order valence-electron chi connectivity index (χ2n) is 5.43. The van der Waals surface area contributed by atoms with Crippen molar-refractivity contribution in [1.29, 1.82) is 0 Å². The molecule has 0 aromatic carbocycles. The van der Waals surface area contributed by atoms with Gasteiger partial charge in [0.1, 0.15) is 0 Å². The molecule has 0 bridgehead atoms. The molecule has 5 nitrogen and oxygen atoms in total. The van der Waals surface area contributed by atoms with Crippen molar-refractivity contribution in [3.8, 4) is 12.3 Å². The minimum Gasteiger partial charge on any atom is -0.459 e. The van der Waals surface area contributed by atoms with E-state index in [0.717, 1.165) is 11.3 Å². The SMILES string of the molecule is C#CCNC(=O)C1=C[C@H](c2cccs2)[C@@H](CCCO)[C@H](OCC)O1. The number of hydrogen-bond donors (Lipinski definition) is 2. The molecule has 1 aromatic heterocycles. The zero-order valence-corrected chi connectivity index (χ0v) is 14.6. The summed E-state index contributed by atoms with van der Waals surface area (Å²) in [6.07, 6.45) is 7.92. The fourth-order valence-electron chi connectivity index (χ4n) is 2.79. The van der Waals surface area contributed by atoms with Crippen LogP contribution in [0.5, 0.6) is 0 Å². The Morgan fingerprint density at radius 1 is 1.58 bits per heavy atom. The van der Waals surface area contributed by atoms with Crippen molar-refractivity contribution in [2.75, 3.05) is 19.8 Å². The Kier molecular flexibility index (Phi) is 7.32. The van der Waals surface area contributed by atoms with Crippen molar-refractivity contribution >= 4 is 17.2 Å². The molecule has 0 saturated heterocycles. The van der Waals surface area contributed by atoms with Gasteiger partial charge in [0.2, 0.25) is 6.29 Å². The summed E-state index contributed by atoms with van der Waals surface area (Å²) in [4.78, 5) is 13.4. The van der Waals surface area contributed by atoms with Crippen LogP contribution in [-0.2, 0) is 14.3 Å². The van der Waals surface area contributed by atoms with Gasteiger partial charge in [0, 0.05) is 29.9 Å². The summed E-state index contributed by atoms with van der Waals surface area (Å²) in [6, 6.07) is 4.03. The first-order chi connectivity index (χ1) is 11.7. The molecule has 2 heterocycles. The van der Waals surface area contributed by atoms with Crippen LogP contribution in [0.4, 0.5) is 0 Å². The van der Waals surface area contributed by atoms with E-state index in [2.05, 4.69) is 11.2 Å². The molecule has 0 spiro atoms. The normalized spacial score (nSPS) is 23.0. The topological polar surface area (TPSA) is 67.8 Å². The largest absolute Gasteiger partial charge is 0.459 e. The summed E-state index contributed by atoms with van der Waals surface area (Å²) in [5.74, 6) is 2.33. The van der Waals surface area contributed by atoms with Crippen LogP contribution in [0.15, 0.2) is 29.3 Å². The van der Waals surface area contributed by atoms with E-state index >= 15 is 0 Å². The van der Waals surface area contributed by atoms with Crippen LogP contribution in [0.25, 0.3) is 0 Å². The van der Waals surface area contributed by atoms with Crippen molar-refractivity contribution in [2.45, 2.75) is 32.0 Å². The quantitative estimate of drug-likeness (QED) is 0.707. The third-order valence-electron chi connectivity index (χ3n) is 3.86. The number of nitrogens with one attached hydrogen (secondary N) is 1. The second-order valence-corrected chi connectivity index (χ2v) is 6.41. The van der Waals surface area contributed by atoms with E-state index in [-0.39, 0.29) is 36.7 Å². The summed E-state index contributed by atoms with van der Waals surface area (Å²) in [5, 5.41) is 13.8. The smallest absolute Gasteiger partial charge is 0.286 e. The highest BCUT2D eigenvalue weighted by Gasteiger charge is 2.38. The molecule has 0 radical (unpaired) electrons. The number of ether oxygens (including phenoxy) is 2. The summed E-state index contributed by atoms with van der Waals surface area (Å²) in [5.41, 5.74) is 0. The van der Waals surface area contributed by atoms with Gasteiger partial charge >= 0.3 is 0 Å². The van der Waals surface area contributed by atoms with E-state index in [1.165, 1.54) is 0 Å². The van der Waals surface area contributed by atoms with Gasteiger partial charge in [-0.25, -0.2) is 0 Å². The summed E-state index contributed by atoms with van der Waals surface area (Å²) < 4.78 is 11.6. The number of terminal acetylenes is 1. The van der Waals surface area contributed by atoms with Gasteiger partial charge < -0.3 is 19.9 Å². The molecule has 2 N–H and O–H groups in total. The van der Waals surface area contributed by atoms with Gasteiger partial charge in [-0.15, -0.1) is 17.8 Å². The molecule has 1 aliphatic rings. The van der Waals surface area contributed by atoms with Crippen molar-refractivity contribution in [2.24, 2.45) is 5.92 Å². The zero-order chi connectivity index (χ0) is 17.4. The minimum atomic E-state index is -0.523.